The molecule has 3 N–H and O–H groups in total. The highest BCUT2D eigenvalue weighted by Gasteiger charge is 2.19. The lowest BCUT2D eigenvalue weighted by atomic mass is 10.2. The standard InChI is InChI=1S/C12H12ClN3O2S/c1-8-3-2-4-9(13)12(8)16-19(17,18)11-7-15-6-5-10(11)14/h2-7,16H,1H3,(H2,14,15). The molecule has 0 saturated carbocycles. The molecule has 0 atom stereocenters. The second-order valence-corrected chi connectivity index (χ2v) is 6.01. The SMILES string of the molecule is Cc1cccc(Cl)c1NS(=O)(=O)c1cnccc1N. The van der Waals surface area contributed by atoms with Crippen molar-refractivity contribution in [2.24, 2.45) is 0 Å². The van der Waals surface area contributed by atoms with E-state index in [4.69, 9.17) is 17.3 Å². The minimum absolute atomic E-state index is 0.0747. The lowest BCUT2D eigenvalue weighted by Crippen LogP contribution is -2.16. The number of anilines is 2. The van der Waals surface area contributed by atoms with Gasteiger partial charge in [0.05, 0.1) is 16.4 Å². The third-order valence-corrected chi connectivity index (χ3v) is 4.27. The Balaban J connectivity index is 2.46. The zero-order chi connectivity index (χ0) is 14.0. The van der Waals surface area contributed by atoms with Gasteiger partial charge in [-0.2, -0.15) is 0 Å². The first kappa shape index (κ1) is 13.6. The van der Waals surface area contributed by atoms with Gasteiger partial charge in [-0.1, -0.05) is 23.7 Å². The number of nitrogen functional groups attached to an aromatic ring is 1. The zero-order valence-electron chi connectivity index (χ0n) is 10.1. The number of aromatic nitrogens is 1. The smallest absolute Gasteiger partial charge is 0.265 e. The summed E-state index contributed by atoms with van der Waals surface area (Å²) >= 11 is 5.99. The van der Waals surface area contributed by atoms with Crippen LogP contribution in [0.2, 0.25) is 5.02 Å². The van der Waals surface area contributed by atoms with Crippen LogP contribution >= 0.6 is 11.6 Å². The molecule has 5 nitrogen and oxygen atoms in total. The first-order valence-electron chi connectivity index (χ1n) is 5.39. The number of nitrogens with zero attached hydrogens (tertiary/aromatic N) is 1. The molecular weight excluding hydrogens is 286 g/mol. The van der Waals surface area contributed by atoms with E-state index in [1.165, 1.54) is 18.5 Å². The first-order chi connectivity index (χ1) is 8.92. The topological polar surface area (TPSA) is 85.1 Å². The maximum atomic E-state index is 12.2. The summed E-state index contributed by atoms with van der Waals surface area (Å²) in [6.45, 7) is 1.76. The Bertz CT molecular complexity index is 696. The summed E-state index contributed by atoms with van der Waals surface area (Å²) < 4.78 is 26.9. The number of hydrogen-bond acceptors (Lipinski definition) is 4. The molecule has 0 aliphatic heterocycles. The summed E-state index contributed by atoms with van der Waals surface area (Å²) in [5, 5.41) is 0.325. The van der Waals surface area contributed by atoms with Crippen LogP contribution in [0.3, 0.4) is 0 Å². The quantitative estimate of drug-likeness (QED) is 0.911. The Hall–Kier alpha value is -1.79. The summed E-state index contributed by atoms with van der Waals surface area (Å²) in [5.74, 6) is 0. The van der Waals surface area contributed by atoms with Crippen molar-refractivity contribution in [3.63, 3.8) is 0 Å². The highest BCUT2D eigenvalue weighted by Crippen LogP contribution is 2.28. The van der Waals surface area contributed by atoms with Crippen LogP contribution in [0.5, 0.6) is 0 Å². The molecule has 0 aliphatic carbocycles. The van der Waals surface area contributed by atoms with Crippen molar-refractivity contribution >= 4 is 33.0 Å². The molecule has 0 saturated heterocycles. The van der Waals surface area contributed by atoms with Crippen LogP contribution in [-0.4, -0.2) is 13.4 Å². The predicted octanol–water partition coefficient (Wildman–Crippen LogP) is 2.43. The van der Waals surface area contributed by atoms with E-state index in [2.05, 4.69) is 9.71 Å². The molecule has 0 amide bonds. The summed E-state index contributed by atoms with van der Waals surface area (Å²) in [7, 11) is -3.81. The maximum absolute atomic E-state index is 12.2. The van der Waals surface area contributed by atoms with Crippen LogP contribution in [0, 0.1) is 6.92 Å². The minimum atomic E-state index is -3.81. The molecule has 0 spiro atoms. The van der Waals surface area contributed by atoms with Crippen LogP contribution in [0.1, 0.15) is 5.56 Å². The first-order valence-corrected chi connectivity index (χ1v) is 7.25. The van der Waals surface area contributed by atoms with Crippen molar-refractivity contribution in [3.8, 4) is 0 Å². The molecule has 0 radical (unpaired) electrons. The van der Waals surface area contributed by atoms with E-state index in [9.17, 15) is 8.42 Å². The Morgan fingerprint density at radius 3 is 2.68 bits per heavy atom. The van der Waals surface area contributed by atoms with Gasteiger partial charge in [0, 0.05) is 12.4 Å². The number of halogens is 1. The molecule has 0 aliphatic rings. The number of nitrogens with one attached hydrogen (secondary N) is 1. The van der Waals surface area contributed by atoms with Crippen LogP contribution in [0.15, 0.2) is 41.6 Å². The average Bonchev–Trinajstić information content (AvgIpc) is 2.34. The van der Waals surface area contributed by atoms with Crippen molar-refractivity contribution in [2.45, 2.75) is 11.8 Å². The fourth-order valence-corrected chi connectivity index (χ4v) is 3.12. The van der Waals surface area contributed by atoms with E-state index in [1.54, 1.807) is 25.1 Å². The van der Waals surface area contributed by atoms with Gasteiger partial charge < -0.3 is 5.73 Å². The summed E-state index contributed by atoms with van der Waals surface area (Å²) in [5.41, 5.74) is 6.84. The summed E-state index contributed by atoms with van der Waals surface area (Å²) in [6.07, 6.45) is 2.62. The van der Waals surface area contributed by atoms with E-state index in [1.807, 2.05) is 0 Å². The second kappa shape index (κ2) is 5.07. The molecule has 19 heavy (non-hydrogen) atoms. The fraction of sp³-hybridized carbons (Fsp3) is 0.0833. The number of para-hydroxylation sites is 1. The zero-order valence-corrected chi connectivity index (χ0v) is 11.7. The highest BCUT2D eigenvalue weighted by atomic mass is 35.5. The van der Waals surface area contributed by atoms with Gasteiger partial charge in [-0.25, -0.2) is 8.42 Å². The average molecular weight is 298 g/mol. The molecule has 1 heterocycles. The number of aryl methyl sites for hydroxylation is 1. The molecule has 100 valence electrons. The van der Waals surface area contributed by atoms with Crippen LogP contribution < -0.4 is 10.5 Å². The van der Waals surface area contributed by atoms with E-state index in [0.29, 0.717) is 10.7 Å². The van der Waals surface area contributed by atoms with Crippen molar-refractivity contribution < 1.29 is 8.42 Å². The molecule has 2 rings (SSSR count). The molecule has 0 bridgehead atoms. The third-order valence-electron chi connectivity index (χ3n) is 2.56. The molecular formula is C12H12ClN3O2S. The normalized spacial score (nSPS) is 11.3. The number of benzene rings is 1. The monoisotopic (exact) mass is 297 g/mol. The molecule has 2 aromatic rings. The molecule has 1 aromatic carbocycles. The lowest BCUT2D eigenvalue weighted by molar-refractivity contribution is 0.601. The Morgan fingerprint density at radius 2 is 2.05 bits per heavy atom. The fourth-order valence-electron chi connectivity index (χ4n) is 1.57. The summed E-state index contributed by atoms with van der Waals surface area (Å²) in [6, 6.07) is 6.54. The Kier molecular flexibility index (Phi) is 3.64. The molecule has 0 fully saturated rings. The summed E-state index contributed by atoms with van der Waals surface area (Å²) in [4.78, 5) is 3.69. The number of rotatable bonds is 3. The van der Waals surface area contributed by atoms with Gasteiger partial charge in [0.15, 0.2) is 0 Å². The van der Waals surface area contributed by atoms with Crippen molar-refractivity contribution in [1.29, 1.82) is 0 Å². The van der Waals surface area contributed by atoms with Crippen molar-refractivity contribution in [2.75, 3.05) is 10.5 Å². The Morgan fingerprint density at radius 1 is 1.32 bits per heavy atom. The van der Waals surface area contributed by atoms with E-state index in [-0.39, 0.29) is 10.6 Å². The maximum Gasteiger partial charge on any atom is 0.265 e. The van der Waals surface area contributed by atoms with Crippen molar-refractivity contribution in [3.05, 3.63) is 47.2 Å². The molecule has 1 aromatic heterocycles. The van der Waals surface area contributed by atoms with Crippen LogP contribution in [0.25, 0.3) is 0 Å². The van der Waals surface area contributed by atoms with Gasteiger partial charge in [0.1, 0.15) is 4.90 Å². The van der Waals surface area contributed by atoms with E-state index < -0.39 is 10.0 Å². The third kappa shape index (κ3) is 2.80. The second-order valence-electron chi connectivity index (χ2n) is 3.95. The van der Waals surface area contributed by atoms with Gasteiger partial charge in [-0.3, -0.25) is 9.71 Å². The van der Waals surface area contributed by atoms with E-state index in [0.717, 1.165) is 5.56 Å². The van der Waals surface area contributed by atoms with Gasteiger partial charge in [0.25, 0.3) is 10.0 Å². The molecule has 0 unspecified atom stereocenters. The van der Waals surface area contributed by atoms with Crippen molar-refractivity contribution in [1.82, 2.24) is 4.98 Å². The number of sulfonamides is 1. The van der Waals surface area contributed by atoms with Gasteiger partial charge in [-0.05, 0) is 24.6 Å². The van der Waals surface area contributed by atoms with Gasteiger partial charge in [0.2, 0.25) is 0 Å². The number of pyridine rings is 1. The Labute approximate surface area is 116 Å². The van der Waals surface area contributed by atoms with E-state index >= 15 is 0 Å². The van der Waals surface area contributed by atoms with Gasteiger partial charge in [-0.15, -0.1) is 0 Å². The number of hydrogen-bond donors (Lipinski definition) is 2. The largest absolute Gasteiger partial charge is 0.398 e. The predicted molar refractivity (Wildman–Crippen MR) is 75.6 cm³/mol. The minimum Gasteiger partial charge on any atom is -0.398 e. The van der Waals surface area contributed by atoms with Gasteiger partial charge >= 0.3 is 0 Å². The lowest BCUT2D eigenvalue weighted by Gasteiger charge is -2.12. The highest BCUT2D eigenvalue weighted by molar-refractivity contribution is 7.92. The molecule has 7 heteroatoms. The number of nitrogens with two attached hydrogens (primary N) is 1. The van der Waals surface area contributed by atoms with Crippen LogP contribution in [0.4, 0.5) is 11.4 Å². The van der Waals surface area contributed by atoms with Crippen LogP contribution in [-0.2, 0) is 10.0 Å².